The van der Waals surface area contributed by atoms with E-state index in [0.717, 1.165) is 5.82 Å². The minimum Gasteiger partial charge on any atom is -0.241 e. The normalized spacial score (nSPS) is 11.1. The van der Waals surface area contributed by atoms with E-state index in [1.54, 1.807) is 0 Å². The highest BCUT2D eigenvalue weighted by Gasteiger charge is 2.13. The second-order valence-corrected chi connectivity index (χ2v) is 5.50. The maximum Gasteiger partial charge on any atom is 0.131 e. The third-order valence-corrected chi connectivity index (χ3v) is 3.76. The number of hydrogen-bond acceptors (Lipinski definition) is 2. The van der Waals surface area contributed by atoms with E-state index < -0.39 is 0 Å². The average molecular weight is 262 g/mol. The number of hydrogen-bond donors (Lipinski definition) is 0. The van der Waals surface area contributed by atoms with Gasteiger partial charge in [-0.2, -0.15) is 0 Å². The summed E-state index contributed by atoms with van der Waals surface area (Å²) in [4.78, 5) is 8.93. The molecule has 0 atom stereocenters. The monoisotopic (exact) mass is 262 g/mol. The summed E-state index contributed by atoms with van der Waals surface area (Å²) in [5, 5.41) is 0. The molecule has 0 N–H and O–H groups in total. The summed E-state index contributed by atoms with van der Waals surface area (Å²) in [6.45, 7) is 4.53. The molecule has 2 heteroatoms. The van der Waals surface area contributed by atoms with Gasteiger partial charge in [0.1, 0.15) is 5.82 Å². The topological polar surface area (TPSA) is 25.8 Å². The number of nitrogens with zero attached hydrogens (tertiary/aromatic N) is 2. The lowest BCUT2D eigenvalue weighted by Crippen LogP contribution is -2.04. The van der Waals surface area contributed by atoms with Gasteiger partial charge in [0, 0.05) is 18.3 Å². The molecule has 19 heavy (non-hydrogen) atoms. The van der Waals surface area contributed by atoms with Crippen LogP contribution in [0.1, 0.15) is 89.8 Å². The second kappa shape index (κ2) is 11.0. The maximum absolute atomic E-state index is 4.47. The molecule has 108 valence electrons. The summed E-state index contributed by atoms with van der Waals surface area (Å²) < 4.78 is 0. The Hall–Kier alpha value is -0.920. The molecule has 0 saturated heterocycles. The van der Waals surface area contributed by atoms with Crippen molar-refractivity contribution < 1.29 is 0 Å². The molecule has 1 heterocycles. The Labute approximate surface area is 119 Å². The third-order valence-electron chi connectivity index (χ3n) is 3.76. The van der Waals surface area contributed by atoms with Crippen molar-refractivity contribution in [1.29, 1.82) is 0 Å². The zero-order chi connectivity index (χ0) is 13.8. The molecule has 0 aliphatic carbocycles. The van der Waals surface area contributed by atoms with Gasteiger partial charge in [0.05, 0.1) is 0 Å². The second-order valence-electron chi connectivity index (χ2n) is 5.50. The van der Waals surface area contributed by atoms with Crippen LogP contribution in [0.25, 0.3) is 0 Å². The van der Waals surface area contributed by atoms with Crippen LogP contribution in [0.5, 0.6) is 0 Å². The predicted molar refractivity (Wildman–Crippen MR) is 82.3 cm³/mol. The molecule has 0 radical (unpaired) electrons. The maximum atomic E-state index is 4.47. The first-order valence-electron chi connectivity index (χ1n) is 8.15. The first-order chi connectivity index (χ1) is 9.38. The summed E-state index contributed by atoms with van der Waals surface area (Å²) in [5.41, 5.74) is 0. The summed E-state index contributed by atoms with van der Waals surface area (Å²) >= 11 is 0. The molecule has 0 aliphatic rings. The zero-order valence-corrected chi connectivity index (χ0v) is 12.8. The molecule has 0 saturated carbocycles. The molecule has 0 unspecified atom stereocenters. The van der Waals surface area contributed by atoms with Gasteiger partial charge in [-0.3, -0.25) is 0 Å². The Morgan fingerprint density at radius 1 is 0.789 bits per heavy atom. The van der Waals surface area contributed by atoms with Crippen LogP contribution in [0.4, 0.5) is 0 Å². The van der Waals surface area contributed by atoms with E-state index in [9.17, 15) is 0 Å². The Kier molecular flexibility index (Phi) is 9.30. The van der Waals surface area contributed by atoms with Crippen LogP contribution in [-0.4, -0.2) is 9.97 Å². The highest BCUT2D eigenvalue weighted by atomic mass is 14.9. The van der Waals surface area contributed by atoms with Crippen LogP contribution in [0.2, 0.25) is 0 Å². The molecule has 2 nitrogen and oxygen atoms in total. The van der Waals surface area contributed by atoms with E-state index >= 15 is 0 Å². The van der Waals surface area contributed by atoms with Crippen molar-refractivity contribution in [3.8, 4) is 0 Å². The van der Waals surface area contributed by atoms with Crippen molar-refractivity contribution >= 4 is 0 Å². The van der Waals surface area contributed by atoms with Crippen LogP contribution in [-0.2, 0) is 0 Å². The fourth-order valence-corrected chi connectivity index (χ4v) is 2.56. The average Bonchev–Trinajstić information content (AvgIpc) is 2.46. The molecule has 1 aromatic heterocycles. The fraction of sp³-hybridized carbons (Fsp3) is 0.765. The Morgan fingerprint density at radius 3 is 1.79 bits per heavy atom. The van der Waals surface area contributed by atoms with Crippen LogP contribution >= 0.6 is 0 Å². The quantitative estimate of drug-likeness (QED) is 0.492. The molecule has 1 aromatic rings. The molecular weight excluding hydrogens is 232 g/mol. The highest BCUT2D eigenvalue weighted by molar-refractivity contribution is 4.96. The predicted octanol–water partition coefficient (Wildman–Crippen LogP) is 5.50. The van der Waals surface area contributed by atoms with Gasteiger partial charge in [0.15, 0.2) is 0 Å². The molecule has 0 bridgehead atoms. The first-order valence-corrected chi connectivity index (χ1v) is 8.15. The van der Waals surface area contributed by atoms with E-state index in [1.807, 2.05) is 18.5 Å². The van der Waals surface area contributed by atoms with E-state index in [2.05, 4.69) is 23.8 Å². The van der Waals surface area contributed by atoms with Crippen LogP contribution in [0, 0.1) is 0 Å². The third kappa shape index (κ3) is 7.29. The van der Waals surface area contributed by atoms with Gasteiger partial charge < -0.3 is 0 Å². The fourth-order valence-electron chi connectivity index (χ4n) is 2.56. The minimum absolute atomic E-state index is 0.579. The molecule has 0 fully saturated rings. The lowest BCUT2D eigenvalue weighted by atomic mass is 9.93. The van der Waals surface area contributed by atoms with Gasteiger partial charge in [-0.05, 0) is 18.9 Å². The van der Waals surface area contributed by atoms with Crippen molar-refractivity contribution in [3.63, 3.8) is 0 Å². The summed E-state index contributed by atoms with van der Waals surface area (Å²) in [7, 11) is 0. The van der Waals surface area contributed by atoms with Crippen molar-refractivity contribution in [2.24, 2.45) is 0 Å². The van der Waals surface area contributed by atoms with Crippen molar-refractivity contribution in [2.45, 2.75) is 84.0 Å². The SMILES string of the molecule is CCCCCCC(CCCCCC)c1ncccn1. The molecule has 1 rings (SSSR count). The lowest BCUT2D eigenvalue weighted by molar-refractivity contribution is 0.479. The Bertz CT molecular complexity index is 285. The van der Waals surface area contributed by atoms with Gasteiger partial charge >= 0.3 is 0 Å². The molecule has 0 amide bonds. The minimum atomic E-state index is 0.579. The highest BCUT2D eigenvalue weighted by Crippen LogP contribution is 2.25. The number of unbranched alkanes of at least 4 members (excludes halogenated alkanes) is 6. The van der Waals surface area contributed by atoms with Crippen LogP contribution < -0.4 is 0 Å². The molecular formula is C17H30N2. The molecule has 0 aromatic carbocycles. The Balaban J connectivity index is 2.39. The van der Waals surface area contributed by atoms with Crippen LogP contribution in [0.3, 0.4) is 0 Å². The van der Waals surface area contributed by atoms with Crippen LogP contribution in [0.15, 0.2) is 18.5 Å². The molecule has 0 spiro atoms. The van der Waals surface area contributed by atoms with Crippen molar-refractivity contribution in [2.75, 3.05) is 0 Å². The van der Waals surface area contributed by atoms with Gasteiger partial charge in [-0.15, -0.1) is 0 Å². The molecule has 0 aliphatic heterocycles. The van der Waals surface area contributed by atoms with E-state index in [1.165, 1.54) is 64.2 Å². The number of aromatic nitrogens is 2. The van der Waals surface area contributed by atoms with Gasteiger partial charge in [0.25, 0.3) is 0 Å². The van der Waals surface area contributed by atoms with E-state index in [4.69, 9.17) is 0 Å². The number of rotatable bonds is 11. The summed E-state index contributed by atoms with van der Waals surface area (Å²) in [5.74, 6) is 1.64. The summed E-state index contributed by atoms with van der Waals surface area (Å²) in [6, 6.07) is 1.91. The largest absolute Gasteiger partial charge is 0.241 e. The van der Waals surface area contributed by atoms with Gasteiger partial charge in [0.2, 0.25) is 0 Å². The smallest absolute Gasteiger partial charge is 0.131 e. The lowest BCUT2D eigenvalue weighted by Gasteiger charge is -2.15. The standard InChI is InChI=1S/C17H30N2/c1-3-5-7-9-12-16(13-10-8-6-4-2)17-18-14-11-15-19-17/h11,14-16H,3-10,12-13H2,1-2H3. The first kappa shape index (κ1) is 16.1. The van der Waals surface area contributed by atoms with Crippen molar-refractivity contribution in [1.82, 2.24) is 9.97 Å². The zero-order valence-electron chi connectivity index (χ0n) is 12.8. The summed E-state index contributed by atoms with van der Waals surface area (Å²) in [6.07, 6.45) is 17.0. The van der Waals surface area contributed by atoms with Gasteiger partial charge in [-0.25, -0.2) is 9.97 Å². The van der Waals surface area contributed by atoms with E-state index in [0.29, 0.717) is 5.92 Å². The van der Waals surface area contributed by atoms with Crippen molar-refractivity contribution in [3.05, 3.63) is 24.3 Å². The Morgan fingerprint density at radius 2 is 1.32 bits per heavy atom. The van der Waals surface area contributed by atoms with E-state index in [-0.39, 0.29) is 0 Å². The van der Waals surface area contributed by atoms with Gasteiger partial charge in [-0.1, -0.05) is 65.2 Å².